The van der Waals surface area contributed by atoms with Gasteiger partial charge in [0.05, 0.1) is 0 Å². The van der Waals surface area contributed by atoms with Gasteiger partial charge in [-0.25, -0.2) is 4.98 Å². The summed E-state index contributed by atoms with van der Waals surface area (Å²) in [5.74, 6) is 0.804. The molecule has 0 unspecified atom stereocenters. The Labute approximate surface area is 148 Å². The first-order valence-electron chi connectivity index (χ1n) is 7.82. The van der Waals surface area contributed by atoms with Crippen LogP contribution in [-0.4, -0.2) is 25.6 Å². The number of hydrogen-bond acceptors (Lipinski definition) is 7. The Balaban J connectivity index is 1.64. The lowest BCUT2D eigenvalue weighted by molar-refractivity contribution is 0.619. The van der Waals surface area contributed by atoms with Gasteiger partial charge in [-0.3, -0.25) is 0 Å². The molecule has 2 aromatic carbocycles. The Morgan fingerprint density at radius 3 is 2.92 bits per heavy atom. The van der Waals surface area contributed by atoms with Gasteiger partial charge in [-0.2, -0.15) is 10.5 Å². The number of anilines is 1. The van der Waals surface area contributed by atoms with E-state index in [1.165, 1.54) is 6.20 Å². The van der Waals surface area contributed by atoms with Crippen molar-refractivity contribution in [2.75, 3.05) is 5.32 Å². The van der Waals surface area contributed by atoms with Crippen LogP contribution < -0.4 is 5.32 Å². The number of tetrazole rings is 1. The van der Waals surface area contributed by atoms with E-state index in [2.05, 4.69) is 30.9 Å². The molecule has 0 amide bonds. The Morgan fingerprint density at radius 1 is 1.27 bits per heavy atom. The number of nitriles is 1. The highest BCUT2D eigenvalue weighted by Crippen LogP contribution is 2.28. The first kappa shape index (κ1) is 15.5. The van der Waals surface area contributed by atoms with Crippen LogP contribution in [0.15, 0.2) is 53.1 Å². The van der Waals surface area contributed by atoms with E-state index in [0.29, 0.717) is 11.5 Å². The number of aromatic amines is 1. The highest BCUT2D eigenvalue weighted by molar-refractivity contribution is 5.81. The standard InChI is InChI=1S/C18H13N7O/c1-11-4-2-3-5-14(11)18-21-15-7-6-13(8-16(15)26-18)20-10-12(9-19)17-22-24-25-23-17/h2-8,10,20H,1H3,(H,22,23,24,25). The summed E-state index contributed by atoms with van der Waals surface area (Å²) in [6.45, 7) is 2.02. The van der Waals surface area contributed by atoms with E-state index in [9.17, 15) is 5.26 Å². The summed E-state index contributed by atoms with van der Waals surface area (Å²) in [6, 6.07) is 15.5. The number of nitrogens with one attached hydrogen (secondary N) is 2. The van der Waals surface area contributed by atoms with E-state index in [-0.39, 0.29) is 11.4 Å². The summed E-state index contributed by atoms with van der Waals surface area (Å²) in [4.78, 5) is 4.54. The number of allylic oxidation sites excluding steroid dienone is 1. The minimum atomic E-state index is 0.225. The van der Waals surface area contributed by atoms with Gasteiger partial charge in [-0.15, -0.1) is 10.2 Å². The third-order valence-electron chi connectivity index (χ3n) is 3.85. The van der Waals surface area contributed by atoms with Crippen molar-refractivity contribution < 1.29 is 4.42 Å². The Bertz CT molecular complexity index is 1140. The maximum Gasteiger partial charge on any atom is 0.227 e. The van der Waals surface area contributed by atoms with Crippen LogP contribution in [0.4, 0.5) is 5.69 Å². The number of nitrogens with zero attached hydrogens (tertiary/aromatic N) is 5. The van der Waals surface area contributed by atoms with Gasteiger partial charge in [-0.1, -0.05) is 18.2 Å². The van der Waals surface area contributed by atoms with Crippen LogP contribution in [-0.2, 0) is 0 Å². The van der Waals surface area contributed by atoms with Crippen molar-refractivity contribution in [3.63, 3.8) is 0 Å². The molecular formula is C18H13N7O. The van der Waals surface area contributed by atoms with E-state index in [1.807, 2.05) is 55.5 Å². The van der Waals surface area contributed by atoms with Crippen LogP contribution in [0.3, 0.4) is 0 Å². The average molecular weight is 343 g/mol. The fraction of sp³-hybridized carbons (Fsp3) is 0.0556. The highest BCUT2D eigenvalue weighted by Gasteiger charge is 2.11. The Morgan fingerprint density at radius 2 is 2.15 bits per heavy atom. The zero-order valence-electron chi connectivity index (χ0n) is 13.8. The van der Waals surface area contributed by atoms with Crippen molar-refractivity contribution in [2.45, 2.75) is 6.92 Å². The van der Waals surface area contributed by atoms with Crippen LogP contribution in [0.1, 0.15) is 11.4 Å². The van der Waals surface area contributed by atoms with E-state index < -0.39 is 0 Å². The van der Waals surface area contributed by atoms with E-state index in [4.69, 9.17) is 4.42 Å². The van der Waals surface area contributed by atoms with Crippen LogP contribution in [0, 0.1) is 18.3 Å². The van der Waals surface area contributed by atoms with Crippen LogP contribution in [0.25, 0.3) is 28.1 Å². The van der Waals surface area contributed by atoms with Crippen molar-refractivity contribution in [3.05, 3.63) is 60.1 Å². The number of aryl methyl sites for hydroxylation is 1. The van der Waals surface area contributed by atoms with Crippen molar-refractivity contribution in [2.24, 2.45) is 0 Å². The Hall–Kier alpha value is -3.99. The van der Waals surface area contributed by atoms with Gasteiger partial charge in [0.1, 0.15) is 17.2 Å². The van der Waals surface area contributed by atoms with Crippen molar-refractivity contribution in [3.8, 4) is 17.5 Å². The normalized spacial score (nSPS) is 11.5. The van der Waals surface area contributed by atoms with Gasteiger partial charge in [0, 0.05) is 23.5 Å². The van der Waals surface area contributed by atoms with Crippen molar-refractivity contribution in [1.29, 1.82) is 5.26 Å². The molecule has 0 spiro atoms. The zero-order chi connectivity index (χ0) is 17.9. The molecule has 2 aromatic heterocycles. The molecule has 4 rings (SSSR count). The molecule has 0 atom stereocenters. The second-order valence-electron chi connectivity index (χ2n) is 5.57. The Kier molecular flexibility index (Phi) is 3.88. The molecule has 8 heteroatoms. The molecule has 26 heavy (non-hydrogen) atoms. The first-order chi connectivity index (χ1) is 12.7. The van der Waals surface area contributed by atoms with Crippen molar-refractivity contribution >= 4 is 22.4 Å². The molecule has 0 aliphatic carbocycles. The summed E-state index contributed by atoms with van der Waals surface area (Å²) in [6.07, 6.45) is 1.52. The predicted octanol–water partition coefficient (Wildman–Crippen LogP) is 3.29. The molecule has 0 aliphatic rings. The summed E-state index contributed by atoms with van der Waals surface area (Å²) >= 11 is 0. The number of aromatic nitrogens is 5. The number of benzene rings is 2. The molecule has 0 aliphatic heterocycles. The quantitative estimate of drug-likeness (QED) is 0.546. The minimum absolute atomic E-state index is 0.225. The molecule has 2 heterocycles. The summed E-state index contributed by atoms with van der Waals surface area (Å²) in [5.41, 5.74) is 4.48. The second-order valence-corrected chi connectivity index (χ2v) is 5.57. The van der Waals surface area contributed by atoms with Gasteiger partial charge >= 0.3 is 0 Å². The molecule has 0 radical (unpaired) electrons. The SMILES string of the molecule is Cc1ccccc1-c1nc2ccc(NC=C(C#N)c3nn[nH]n3)cc2o1. The summed E-state index contributed by atoms with van der Waals surface area (Å²) in [5, 5.41) is 25.6. The number of H-pyrrole nitrogens is 1. The molecular weight excluding hydrogens is 330 g/mol. The van der Waals surface area contributed by atoms with Crippen LogP contribution in [0.2, 0.25) is 0 Å². The molecule has 126 valence electrons. The monoisotopic (exact) mass is 343 g/mol. The topological polar surface area (TPSA) is 116 Å². The lowest BCUT2D eigenvalue weighted by Gasteiger charge is -2.00. The fourth-order valence-corrected chi connectivity index (χ4v) is 2.52. The summed E-state index contributed by atoms with van der Waals surface area (Å²) in [7, 11) is 0. The molecule has 4 aromatic rings. The minimum Gasteiger partial charge on any atom is -0.436 e. The molecule has 0 saturated heterocycles. The van der Waals surface area contributed by atoms with E-state index in [0.717, 1.165) is 22.3 Å². The third-order valence-corrected chi connectivity index (χ3v) is 3.85. The van der Waals surface area contributed by atoms with Gasteiger partial charge < -0.3 is 9.73 Å². The van der Waals surface area contributed by atoms with Gasteiger partial charge in [-0.05, 0) is 35.9 Å². The molecule has 0 bridgehead atoms. The lowest BCUT2D eigenvalue weighted by atomic mass is 10.1. The first-order valence-corrected chi connectivity index (χ1v) is 7.82. The second kappa shape index (κ2) is 6.49. The smallest absolute Gasteiger partial charge is 0.227 e. The van der Waals surface area contributed by atoms with Crippen molar-refractivity contribution in [1.82, 2.24) is 25.6 Å². The van der Waals surface area contributed by atoms with Gasteiger partial charge in [0.2, 0.25) is 11.7 Å². The van der Waals surface area contributed by atoms with Gasteiger partial charge in [0.25, 0.3) is 0 Å². The highest BCUT2D eigenvalue weighted by atomic mass is 16.3. The zero-order valence-corrected chi connectivity index (χ0v) is 13.8. The average Bonchev–Trinajstić information content (AvgIpc) is 3.32. The fourth-order valence-electron chi connectivity index (χ4n) is 2.52. The molecule has 0 fully saturated rings. The number of rotatable bonds is 4. The number of oxazole rings is 1. The summed E-state index contributed by atoms with van der Waals surface area (Å²) < 4.78 is 5.90. The maximum absolute atomic E-state index is 9.19. The lowest BCUT2D eigenvalue weighted by Crippen LogP contribution is -1.92. The van der Waals surface area contributed by atoms with E-state index in [1.54, 1.807) is 0 Å². The van der Waals surface area contributed by atoms with Crippen LogP contribution in [0.5, 0.6) is 0 Å². The van der Waals surface area contributed by atoms with Gasteiger partial charge in [0.15, 0.2) is 5.58 Å². The number of fused-ring (bicyclic) bond motifs is 1. The largest absolute Gasteiger partial charge is 0.436 e. The molecule has 0 saturated carbocycles. The number of hydrogen-bond donors (Lipinski definition) is 2. The molecule has 8 nitrogen and oxygen atoms in total. The third kappa shape index (κ3) is 2.89. The predicted molar refractivity (Wildman–Crippen MR) is 95.6 cm³/mol. The van der Waals surface area contributed by atoms with Crippen LogP contribution >= 0.6 is 0 Å². The molecule has 2 N–H and O–H groups in total. The van der Waals surface area contributed by atoms with E-state index >= 15 is 0 Å². The maximum atomic E-state index is 9.19.